The van der Waals surface area contributed by atoms with Crippen molar-refractivity contribution in [3.8, 4) is 5.75 Å². The third kappa shape index (κ3) is 6.41. The van der Waals surface area contributed by atoms with Crippen LogP contribution in [0.15, 0.2) is 54.6 Å². The van der Waals surface area contributed by atoms with Gasteiger partial charge in [-0.1, -0.05) is 81.0 Å². The monoisotopic (exact) mass is 370 g/mol. The van der Waals surface area contributed by atoms with Gasteiger partial charge < -0.3 is 9.47 Å². The first kappa shape index (κ1) is 19.4. The van der Waals surface area contributed by atoms with Crippen LogP contribution >= 0.6 is 9.24 Å². The molecule has 0 N–H and O–H groups in total. The van der Waals surface area contributed by atoms with Gasteiger partial charge in [0.25, 0.3) is 0 Å². The Hall–Kier alpha value is -1.37. The van der Waals surface area contributed by atoms with E-state index in [2.05, 4.69) is 57.8 Å². The molecule has 26 heavy (non-hydrogen) atoms. The van der Waals surface area contributed by atoms with Crippen molar-refractivity contribution in [1.82, 2.24) is 0 Å². The Balaban J connectivity index is 1.62. The lowest BCUT2D eigenvalue weighted by Gasteiger charge is -2.24. The van der Waals surface area contributed by atoms with Crippen molar-refractivity contribution < 1.29 is 9.47 Å². The molecule has 0 saturated heterocycles. The molecule has 3 heteroatoms. The largest absolute Gasteiger partial charge is 0.465 e. The molecule has 0 heterocycles. The lowest BCUT2D eigenvalue weighted by Crippen LogP contribution is -2.24. The normalized spacial score (nSPS) is 16.8. The fourth-order valence-electron chi connectivity index (χ4n) is 3.64. The first-order valence-electron chi connectivity index (χ1n) is 9.94. The molecule has 2 aromatic rings. The Kier molecular flexibility index (Phi) is 7.98. The Morgan fingerprint density at radius 2 is 1.54 bits per heavy atom. The molecule has 2 atom stereocenters. The summed E-state index contributed by atoms with van der Waals surface area (Å²) < 4.78 is 12.5. The molecule has 0 amide bonds. The number of hydrogen-bond acceptors (Lipinski definition) is 2. The first-order valence-corrected chi connectivity index (χ1v) is 10.8. The molecule has 1 aliphatic rings. The fraction of sp³-hybridized carbons (Fsp3) is 0.478. The van der Waals surface area contributed by atoms with E-state index in [1.54, 1.807) is 0 Å². The number of benzene rings is 2. The molecule has 0 aromatic heterocycles. The highest BCUT2D eigenvalue weighted by molar-refractivity contribution is 7.15. The van der Waals surface area contributed by atoms with Gasteiger partial charge in [-0.25, -0.2) is 0 Å². The average molecular weight is 370 g/mol. The highest BCUT2D eigenvalue weighted by Crippen LogP contribution is 2.28. The summed E-state index contributed by atoms with van der Waals surface area (Å²) >= 11 is 0. The Morgan fingerprint density at radius 1 is 0.846 bits per heavy atom. The second-order valence-electron chi connectivity index (χ2n) is 7.29. The van der Waals surface area contributed by atoms with E-state index in [1.165, 1.54) is 49.7 Å². The maximum absolute atomic E-state index is 6.25. The van der Waals surface area contributed by atoms with E-state index in [1.807, 2.05) is 6.07 Å². The van der Waals surface area contributed by atoms with Crippen LogP contribution in [0.2, 0.25) is 0 Å². The molecule has 0 spiro atoms. The Bertz CT molecular complexity index is 618. The van der Waals surface area contributed by atoms with Gasteiger partial charge >= 0.3 is 0 Å². The predicted molar refractivity (Wildman–Crippen MR) is 111 cm³/mol. The van der Waals surface area contributed by atoms with Crippen molar-refractivity contribution in [2.45, 2.75) is 64.0 Å². The molecular weight excluding hydrogens is 339 g/mol. The van der Waals surface area contributed by atoms with Gasteiger partial charge in [-0.2, -0.15) is 0 Å². The average Bonchev–Trinajstić information content (AvgIpc) is 2.96. The van der Waals surface area contributed by atoms with Crippen LogP contribution in [0.3, 0.4) is 0 Å². The summed E-state index contributed by atoms with van der Waals surface area (Å²) in [5.74, 6) is 1.61. The summed E-state index contributed by atoms with van der Waals surface area (Å²) in [5.41, 5.74) is 2.49. The van der Waals surface area contributed by atoms with Gasteiger partial charge in [0.1, 0.15) is 5.75 Å². The highest BCUT2D eigenvalue weighted by Gasteiger charge is 2.20. The van der Waals surface area contributed by atoms with Crippen LogP contribution in [0.25, 0.3) is 0 Å². The van der Waals surface area contributed by atoms with Crippen LogP contribution in [-0.2, 0) is 17.5 Å². The second-order valence-corrected chi connectivity index (χ2v) is 7.69. The zero-order valence-electron chi connectivity index (χ0n) is 15.6. The van der Waals surface area contributed by atoms with E-state index in [-0.39, 0.29) is 6.29 Å². The van der Waals surface area contributed by atoms with Crippen molar-refractivity contribution in [3.63, 3.8) is 0 Å². The minimum atomic E-state index is -0.180. The van der Waals surface area contributed by atoms with Gasteiger partial charge in [-0.3, -0.25) is 0 Å². The van der Waals surface area contributed by atoms with E-state index < -0.39 is 0 Å². The maximum Gasteiger partial charge on any atom is 0.200 e. The van der Waals surface area contributed by atoms with Gasteiger partial charge in [0.2, 0.25) is 0 Å². The third-order valence-electron chi connectivity index (χ3n) is 5.21. The number of hydrogen-bond donors (Lipinski definition) is 0. The van der Waals surface area contributed by atoms with E-state index in [0.29, 0.717) is 12.5 Å². The van der Waals surface area contributed by atoms with Crippen LogP contribution in [0, 0.1) is 5.92 Å². The maximum atomic E-state index is 6.25. The molecule has 2 unspecified atom stereocenters. The van der Waals surface area contributed by atoms with Gasteiger partial charge in [0, 0.05) is 6.42 Å². The van der Waals surface area contributed by atoms with E-state index in [4.69, 9.17) is 9.47 Å². The summed E-state index contributed by atoms with van der Waals surface area (Å²) in [6, 6.07) is 18.7. The molecule has 0 bridgehead atoms. The number of ether oxygens (including phenoxy) is 2. The van der Waals surface area contributed by atoms with Crippen LogP contribution in [0.4, 0.5) is 0 Å². The summed E-state index contributed by atoms with van der Waals surface area (Å²) in [6.07, 6.45) is 9.83. The topological polar surface area (TPSA) is 18.5 Å². The quantitative estimate of drug-likeness (QED) is 0.306. The van der Waals surface area contributed by atoms with Crippen LogP contribution in [0.1, 0.15) is 56.1 Å². The van der Waals surface area contributed by atoms with E-state index >= 15 is 0 Å². The second kappa shape index (κ2) is 10.7. The van der Waals surface area contributed by atoms with Crippen LogP contribution in [0.5, 0.6) is 5.75 Å². The van der Waals surface area contributed by atoms with Gasteiger partial charge in [0.05, 0.1) is 6.61 Å². The summed E-state index contributed by atoms with van der Waals surface area (Å²) in [5, 5.41) is 0. The minimum Gasteiger partial charge on any atom is -0.465 e. The molecule has 2 aromatic carbocycles. The Morgan fingerprint density at radius 3 is 2.19 bits per heavy atom. The molecule has 0 aliphatic heterocycles. The van der Waals surface area contributed by atoms with Crippen molar-refractivity contribution in [3.05, 3.63) is 65.7 Å². The first-order chi connectivity index (χ1) is 12.8. The van der Waals surface area contributed by atoms with E-state index in [9.17, 15) is 0 Å². The molecule has 1 fully saturated rings. The van der Waals surface area contributed by atoms with E-state index in [0.717, 1.165) is 18.3 Å². The zero-order valence-corrected chi connectivity index (χ0v) is 16.8. The molecule has 140 valence electrons. The lowest BCUT2D eigenvalue weighted by molar-refractivity contribution is -0.102. The molecule has 2 nitrogen and oxygen atoms in total. The Labute approximate surface area is 160 Å². The molecule has 1 saturated carbocycles. The summed E-state index contributed by atoms with van der Waals surface area (Å²) in [7, 11) is 2.76. The van der Waals surface area contributed by atoms with Gasteiger partial charge in [-0.05, 0) is 35.3 Å². The highest BCUT2D eigenvalue weighted by atomic mass is 31.0. The summed E-state index contributed by atoms with van der Waals surface area (Å²) in [4.78, 5) is 0. The standard InChI is InChI=1S/C23H31O2P/c26-18-21-12-14-22(15-13-21)25-23(16-19-8-4-1-2-5-9-19)24-17-20-10-6-3-7-11-20/h3,6-7,10-15,19,23H,1-2,4-5,8-9,16-18,26H2. The van der Waals surface area contributed by atoms with Crippen molar-refractivity contribution in [2.75, 3.05) is 0 Å². The minimum absolute atomic E-state index is 0.180. The van der Waals surface area contributed by atoms with Crippen LogP contribution in [-0.4, -0.2) is 6.29 Å². The zero-order chi connectivity index (χ0) is 18.0. The van der Waals surface area contributed by atoms with Crippen molar-refractivity contribution in [2.24, 2.45) is 5.92 Å². The van der Waals surface area contributed by atoms with Crippen LogP contribution < -0.4 is 4.74 Å². The van der Waals surface area contributed by atoms with Crippen molar-refractivity contribution in [1.29, 1.82) is 0 Å². The van der Waals surface area contributed by atoms with Gasteiger partial charge in [-0.15, -0.1) is 9.24 Å². The van der Waals surface area contributed by atoms with Crippen molar-refractivity contribution >= 4 is 9.24 Å². The summed E-state index contributed by atoms with van der Waals surface area (Å²) in [6.45, 7) is 0.599. The van der Waals surface area contributed by atoms with Gasteiger partial charge in [0.15, 0.2) is 6.29 Å². The molecule has 3 rings (SSSR count). The molecular formula is C23H31O2P. The number of rotatable bonds is 8. The SMILES string of the molecule is PCc1ccc(OC(CC2CCCCCC2)OCc2ccccc2)cc1. The smallest absolute Gasteiger partial charge is 0.200 e. The predicted octanol–water partition coefficient (Wildman–Crippen LogP) is 6.34. The third-order valence-corrected chi connectivity index (χ3v) is 5.68. The molecule has 1 aliphatic carbocycles. The lowest BCUT2D eigenvalue weighted by atomic mass is 9.96. The fourth-order valence-corrected chi connectivity index (χ4v) is 3.91. The molecule has 0 radical (unpaired) electrons.